The first-order chi connectivity index (χ1) is 17.4. The van der Waals surface area contributed by atoms with Gasteiger partial charge >= 0.3 is 0 Å². The third-order valence-electron chi connectivity index (χ3n) is 5.42. The summed E-state index contributed by atoms with van der Waals surface area (Å²) in [6, 6.07) is 19.0. The largest absolute Gasteiger partial charge is 0.487 e. The van der Waals surface area contributed by atoms with Crippen molar-refractivity contribution in [1.82, 2.24) is 10.3 Å². The molecule has 4 rings (SSSR count). The van der Waals surface area contributed by atoms with Gasteiger partial charge in [0.25, 0.3) is 5.91 Å². The molecular formula is C27H19BrCl2IN3O2. The lowest BCUT2D eigenvalue weighted by Crippen LogP contribution is -2.26. The zero-order valence-corrected chi connectivity index (χ0v) is 24.0. The van der Waals surface area contributed by atoms with Gasteiger partial charge in [-0.05, 0) is 98.0 Å². The maximum absolute atomic E-state index is 12.7. The zero-order chi connectivity index (χ0) is 25.7. The number of carbonyl (C=O) groups is 1. The van der Waals surface area contributed by atoms with Crippen molar-refractivity contribution in [2.75, 3.05) is 6.54 Å². The van der Waals surface area contributed by atoms with Gasteiger partial charge in [-0.1, -0.05) is 47.5 Å². The lowest BCUT2D eigenvalue weighted by Gasteiger charge is -2.12. The molecule has 0 aliphatic heterocycles. The van der Waals surface area contributed by atoms with E-state index < -0.39 is 5.91 Å². The van der Waals surface area contributed by atoms with Gasteiger partial charge in [0.15, 0.2) is 0 Å². The number of rotatable bonds is 8. The van der Waals surface area contributed by atoms with Gasteiger partial charge in [-0.3, -0.25) is 4.79 Å². The van der Waals surface area contributed by atoms with Crippen LogP contribution in [0.5, 0.6) is 5.75 Å². The van der Waals surface area contributed by atoms with Crippen LogP contribution in [0.2, 0.25) is 10.0 Å². The van der Waals surface area contributed by atoms with Crippen LogP contribution in [0.4, 0.5) is 0 Å². The van der Waals surface area contributed by atoms with E-state index in [1.165, 1.54) is 0 Å². The molecule has 1 aromatic heterocycles. The van der Waals surface area contributed by atoms with E-state index >= 15 is 0 Å². The Morgan fingerprint density at radius 3 is 2.72 bits per heavy atom. The molecule has 1 amide bonds. The number of aromatic nitrogens is 1. The number of benzene rings is 3. The predicted octanol–water partition coefficient (Wildman–Crippen LogP) is 7.69. The SMILES string of the molecule is N#C/C(=C/c1cc(Br)c(OCc2ccc(Cl)c(Cl)c2)c(I)c1)C(=O)NCCc1c[nH]c2ccccc12. The summed E-state index contributed by atoms with van der Waals surface area (Å²) in [4.78, 5) is 15.9. The van der Waals surface area contributed by atoms with Gasteiger partial charge in [0.2, 0.25) is 0 Å². The number of hydrogen-bond acceptors (Lipinski definition) is 3. The van der Waals surface area contributed by atoms with Crippen molar-refractivity contribution >= 4 is 84.6 Å². The van der Waals surface area contributed by atoms with E-state index in [1.54, 1.807) is 18.2 Å². The lowest BCUT2D eigenvalue weighted by atomic mass is 10.1. The molecule has 5 nitrogen and oxygen atoms in total. The Bertz CT molecular complexity index is 1490. The molecule has 0 atom stereocenters. The molecule has 0 spiro atoms. The van der Waals surface area contributed by atoms with E-state index in [1.807, 2.05) is 54.7 Å². The maximum atomic E-state index is 12.7. The monoisotopic (exact) mass is 693 g/mol. The number of halogens is 4. The van der Waals surface area contributed by atoms with E-state index in [-0.39, 0.29) is 5.57 Å². The van der Waals surface area contributed by atoms with Gasteiger partial charge in [0.05, 0.1) is 18.1 Å². The Balaban J connectivity index is 1.41. The van der Waals surface area contributed by atoms with Crippen molar-refractivity contribution in [3.8, 4) is 11.8 Å². The van der Waals surface area contributed by atoms with Crippen LogP contribution in [0.25, 0.3) is 17.0 Å². The lowest BCUT2D eigenvalue weighted by molar-refractivity contribution is -0.117. The number of nitriles is 1. The van der Waals surface area contributed by atoms with Crippen LogP contribution in [0.15, 0.2) is 70.8 Å². The highest BCUT2D eigenvalue weighted by atomic mass is 127. The van der Waals surface area contributed by atoms with Crippen LogP contribution in [0, 0.1) is 14.9 Å². The fraction of sp³-hybridized carbons (Fsp3) is 0.111. The third-order valence-corrected chi connectivity index (χ3v) is 7.55. The van der Waals surface area contributed by atoms with Crippen molar-refractivity contribution in [3.63, 3.8) is 0 Å². The van der Waals surface area contributed by atoms with Crippen LogP contribution >= 0.6 is 61.7 Å². The summed E-state index contributed by atoms with van der Waals surface area (Å²) in [5, 5.41) is 14.5. The van der Waals surface area contributed by atoms with E-state index in [4.69, 9.17) is 27.9 Å². The number of aromatic amines is 1. The molecule has 0 unspecified atom stereocenters. The Kier molecular flexibility index (Phi) is 8.96. The predicted molar refractivity (Wildman–Crippen MR) is 156 cm³/mol. The highest BCUT2D eigenvalue weighted by Gasteiger charge is 2.13. The minimum Gasteiger partial charge on any atom is -0.487 e. The normalized spacial score (nSPS) is 11.4. The van der Waals surface area contributed by atoms with Crippen molar-refractivity contribution in [2.45, 2.75) is 13.0 Å². The van der Waals surface area contributed by atoms with Crippen molar-refractivity contribution < 1.29 is 9.53 Å². The van der Waals surface area contributed by atoms with Gasteiger partial charge in [0, 0.05) is 23.6 Å². The molecule has 4 aromatic rings. The Morgan fingerprint density at radius 2 is 1.97 bits per heavy atom. The van der Waals surface area contributed by atoms with E-state index in [0.717, 1.165) is 25.6 Å². The maximum Gasteiger partial charge on any atom is 0.261 e. The summed E-state index contributed by atoms with van der Waals surface area (Å²) in [6.07, 6.45) is 4.17. The highest BCUT2D eigenvalue weighted by molar-refractivity contribution is 14.1. The molecule has 0 saturated carbocycles. The van der Waals surface area contributed by atoms with Crippen LogP contribution in [-0.2, 0) is 17.8 Å². The van der Waals surface area contributed by atoms with Crippen LogP contribution in [0.3, 0.4) is 0 Å². The minimum atomic E-state index is -0.414. The summed E-state index contributed by atoms with van der Waals surface area (Å²) < 4.78 is 7.51. The first-order valence-electron chi connectivity index (χ1n) is 10.9. The van der Waals surface area contributed by atoms with Crippen molar-refractivity contribution in [3.05, 3.63) is 101 Å². The van der Waals surface area contributed by atoms with Crippen LogP contribution in [0.1, 0.15) is 16.7 Å². The standard InChI is InChI=1S/C27H19BrCl2IN3O2/c28-21-10-17(12-24(31)26(21)36-15-16-5-6-22(29)23(30)11-16)9-19(13-32)27(35)33-8-7-18-14-34-25-4-2-1-3-20(18)25/h1-6,9-12,14,34H,7-8,15H2,(H,33,35)/b19-9-. The average molecular weight is 695 g/mol. The summed E-state index contributed by atoms with van der Waals surface area (Å²) in [7, 11) is 0. The number of hydrogen-bond donors (Lipinski definition) is 2. The second-order valence-corrected chi connectivity index (χ2v) is 10.7. The van der Waals surface area contributed by atoms with Gasteiger partial charge < -0.3 is 15.0 Å². The third kappa shape index (κ3) is 6.43. The molecule has 2 N–H and O–H groups in total. The molecule has 0 fully saturated rings. The summed E-state index contributed by atoms with van der Waals surface area (Å²) in [6.45, 7) is 0.728. The first kappa shape index (κ1) is 26.6. The molecule has 0 aliphatic rings. The van der Waals surface area contributed by atoms with Crippen LogP contribution in [-0.4, -0.2) is 17.4 Å². The van der Waals surface area contributed by atoms with E-state index in [0.29, 0.717) is 45.4 Å². The van der Waals surface area contributed by atoms with Gasteiger partial charge in [0.1, 0.15) is 24.0 Å². The molecule has 3 aromatic carbocycles. The smallest absolute Gasteiger partial charge is 0.261 e. The molecular weight excluding hydrogens is 676 g/mol. The van der Waals surface area contributed by atoms with Gasteiger partial charge in [-0.15, -0.1) is 0 Å². The van der Waals surface area contributed by atoms with Gasteiger partial charge in [-0.2, -0.15) is 5.26 Å². The van der Waals surface area contributed by atoms with Gasteiger partial charge in [-0.25, -0.2) is 0 Å². The number of nitrogens with one attached hydrogen (secondary N) is 2. The molecule has 9 heteroatoms. The number of para-hydroxylation sites is 1. The number of fused-ring (bicyclic) bond motifs is 1. The summed E-state index contributed by atoms with van der Waals surface area (Å²) >= 11 is 17.8. The minimum absolute atomic E-state index is 0.0288. The molecule has 36 heavy (non-hydrogen) atoms. The van der Waals surface area contributed by atoms with Crippen molar-refractivity contribution in [2.24, 2.45) is 0 Å². The number of H-pyrrole nitrogens is 1. The first-order valence-corrected chi connectivity index (χ1v) is 13.5. The Hall–Kier alpha value is -2.51. The van der Waals surface area contributed by atoms with Crippen LogP contribution < -0.4 is 10.1 Å². The quantitative estimate of drug-likeness (QED) is 0.113. The molecule has 0 aliphatic carbocycles. The summed E-state index contributed by atoms with van der Waals surface area (Å²) in [5.41, 5.74) is 3.79. The fourth-order valence-corrected chi connectivity index (χ4v) is 5.73. The number of amides is 1. The summed E-state index contributed by atoms with van der Waals surface area (Å²) in [5.74, 6) is 0.240. The number of nitrogens with zero attached hydrogens (tertiary/aromatic N) is 1. The Labute approximate surface area is 240 Å². The molecule has 0 saturated heterocycles. The second-order valence-electron chi connectivity index (χ2n) is 7.89. The highest BCUT2D eigenvalue weighted by Crippen LogP contribution is 2.34. The second kappa shape index (κ2) is 12.2. The van der Waals surface area contributed by atoms with Crippen molar-refractivity contribution in [1.29, 1.82) is 5.26 Å². The Morgan fingerprint density at radius 1 is 1.17 bits per heavy atom. The number of ether oxygens (including phenoxy) is 1. The molecule has 1 heterocycles. The fourth-order valence-electron chi connectivity index (χ4n) is 3.65. The molecule has 0 bridgehead atoms. The van der Waals surface area contributed by atoms with E-state index in [9.17, 15) is 10.1 Å². The topological polar surface area (TPSA) is 77.9 Å². The number of carbonyl (C=O) groups excluding carboxylic acids is 1. The molecule has 182 valence electrons. The molecule has 0 radical (unpaired) electrons. The van der Waals surface area contributed by atoms with E-state index in [2.05, 4.69) is 48.8 Å². The average Bonchev–Trinajstić information content (AvgIpc) is 3.27. The zero-order valence-electron chi connectivity index (χ0n) is 18.7.